The van der Waals surface area contributed by atoms with Crippen LogP contribution in [0.4, 0.5) is 9.18 Å². The second-order valence-corrected chi connectivity index (χ2v) is 12.8. The van der Waals surface area contributed by atoms with Gasteiger partial charge in [0.05, 0.1) is 32.9 Å². The number of nitrogens with one attached hydrogen (secondary N) is 1. The van der Waals surface area contributed by atoms with Gasteiger partial charge in [0, 0.05) is 18.0 Å². The molecule has 9 nitrogen and oxygen atoms in total. The molecule has 3 aromatic heterocycles. The van der Waals surface area contributed by atoms with Crippen LogP contribution in [0.5, 0.6) is 5.75 Å². The van der Waals surface area contributed by atoms with E-state index in [-0.39, 0.29) is 39.5 Å². The van der Waals surface area contributed by atoms with Gasteiger partial charge in [-0.1, -0.05) is 40.5 Å². The first kappa shape index (κ1) is 29.2. The first-order valence-corrected chi connectivity index (χ1v) is 14.8. The molecule has 1 amide bonds. The van der Waals surface area contributed by atoms with Crippen LogP contribution in [0.15, 0.2) is 51.9 Å². The highest BCUT2D eigenvalue weighted by molar-refractivity contribution is 6.37. The van der Waals surface area contributed by atoms with Crippen molar-refractivity contribution in [3.8, 4) is 17.0 Å². The maximum Gasteiger partial charge on any atom is 0.412 e. The van der Waals surface area contributed by atoms with E-state index in [1.54, 1.807) is 40.6 Å². The van der Waals surface area contributed by atoms with Crippen LogP contribution in [0.2, 0.25) is 10.0 Å². The molecule has 1 saturated carbocycles. The van der Waals surface area contributed by atoms with E-state index >= 15 is 0 Å². The minimum atomic E-state index is -0.677. The number of aromatic nitrogens is 4. The smallest absolute Gasteiger partial charge is 0.406 e. The molecule has 2 atom stereocenters. The lowest BCUT2D eigenvalue weighted by Crippen LogP contribution is -2.35. The molecule has 0 bridgehead atoms. The molecule has 12 heteroatoms. The molecule has 3 heterocycles. The van der Waals surface area contributed by atoms with Gasteiger partial charge in [-0.15, -0.1) is 0 Å². The zero-order chi connectivity index (χ0) is 30.6. The van der Waals surface area contributed by atoms with Crippen molar-refractivity contribution < 1.29 is 18.4 Å². The van der Waals surface area contributed by atoms with Gasteiger partial charge >= 0.3 is 6.09 Å². The Morgan fingerprint density at radius 3 is 2.63 bits per heavy atom. The summed E-state index contributed by atoms with van der Waals surface area (Å²) < 4.78 is 29.2. The third kappa shape index (κ3) is 5.38. The number of benzene rings is 2. The molecule has 43 heavy (non-hydrogen) atoms. The van der Waals surface area contributed by atoms with E-state index in [1.807, 2.05) is 26.8 Å². The average Bonchev–Trinajstić information content (AvgIpc) is 3.65. The van der Waals surface area contributed by atoms with Crippen LogP contribution in [0.25, 0.3) is 33.1 Å². The molecule has 1 N–H and O–H groups in total. The number of carbonyl (C=O) groups excluding carboxylic acids is 1. The van der Waals surface area contributed by atoms with Gasteiger partial charge < -0.3 is 19.1 Å². The summed E-state index contributed by atoms with van der Waals surface area (Å²) in [4.78, 5) is 26.6. The highest BCUT2D eigenvalue weighted by atomic mass is 35.5. The molecule has 0 radical (unpaired) electrons. The summed E-state index contributed by atoms with van der Waals surface area (Å²) in [6, 6.07) is 9.59. The molecule has 1 aliphatic carbocycles. The van der Waals surface area contributed by atoms with Crippen molar-refractivity contribution in [3.05, 3.63) is 74.6 Å². The number of aryl methyl sites for hydroxylation is 1. The lowest BCUT2D eigenvalue weighted by molar-refractivity contribution is 0.195. The summed E-state index contributed by atoms with van der Waals surface area (Å²) >= 11 is 12.9. The molecule has 0 aliphatic heterocycles. The number of ether oxygens (including phenoxy) is 1. The molecule has 2 aromatic carbocycles. The van der Waals surface area contributed by atoms with Crippen molar-refractivity contribution in [1.82, 2.24) is 24.8 Å². The molecule has 1 fully saturated rings. The lowest BCUT2D eigenvalue weighted by Gasteiger charge is -2.18. The quantitative estimate of drug-likeness (QED) is 0.217. The van der Waals surface area contributed by atoms with Crippen LogP contribution in [0.3, 0.4) is 0 Å². The van der Waals surface area contributed by atoms with Crippen molar-refractivity contribution in [3.63, 3.8) is 0 Å². The summed E-state index contributed by atoms with van der Waals surface area (Å²) in [5.41, 5.74) is 0.706. The Morgan fingerprint density at radius 1 is 1.14 bits per heavy atom. The maximum absolute atomic E-state index is 14.8. The SMILES string of the molecule is Cc1onc2c1c(=O)n(CC1CCC(NC(=O)Oc3cn(C(C)(C)C)nc3-c3c(F)cccc3Cl)C1)c1cccc(Cl)c21. The minimum absolute atomic E-state index is 0.0636. The number of hydrogen-bond donors (Lipinski definition) is 1. The molecule has 0 saturated heterocycles. The van der Waals surface area contributed by atoms with Crippen LogP contribution >= 0.6 is 23.2 Å². The number of hydrogen-bond acceptors (Lipinski definition) is 6. The minimum Gasteiger partial charge on any atom is -0.406 e. The Kier molecular flexibility index (Phi) is 7.46. The van der Waals surface area contributed by atoms with E-state index in [2.05, 4.69) is 15.6 Å². The summed E-state index contributed by atoms with van der Waals surface area (Å²) in [6.07, 6.45) is 3.02. The maximum atomic E-state index is 14.8. The van der Waals surface area contributed by atoms with Gasteiger partial charge in [0.15, 0.2) is 5.75 Å². The van der Waals surface area contributed by atoms with Gasteiger partial charge in [0.25, 0.3) is 5.56 Å². The van der Waals surface area contributed by atoms with Gasteiger partial charge in [0.1, 0.15) is 28.2 Å². The zero-order valence-electron chi connectivity index (χ0n) is 24.1. The summed E-state index contributed by atoms with van der Waals surface area (Å²) in [5.74, 6) is 0.0785. The fraction of sp³-hybridized carbons (Fsp3) is 0.355. The second-order valence-electron chi connectivity index (χ2n) is 12.0. The van der Waals surface area contributed by atoms with Crippen LogP contribution in [0, 0.1) is 18.7 Å². The summed E-state index contributed by atoms with van der Waals surface area (Å²) in [6.45, 7) is 7.94. The Hall–Kier alpha value is -3.89. The molecule has 224 valence electrons. The fourth-order valence-electron chi connectivity index (χ4n) is 5.79. The highest BCUT2D eigenvalue weighted by Gasteiger charge is 2.30. The third-order valence-corrected chi connectivity index (χ3v) is 8.55. The predicted molar refractivity (Wildman–Crippen MR) is 163 cm³/mol. The Morgan fingerprint density at radius 2 is 1.88 bits per heavy atom. The number of pyridine rings is 1. The number of carbonyl (C=O) groups is 1. The zero-order valence-corrected chi connectivity index (χ0v) is 25.6. The number of rotatable bonds is 5. The Bertz CT molecular complexity index is 1920. The van der Waals surface area contributed by atoms with Crippen molar-refractivity contribution in [1.29, 1.82) is 0 Å². The first-order chi connectivity index (χ1) is 20.4. The van der Waals surface area contributed by atoms with Crippen molar-refractivity contribution in [2.24, 2.45) is 5.92 Å². The van der Waals surface area contributed by atoms with Crippen molar-refractivity contribution in [2.45, 2.75) is 65.1 Å². The van der Waals surface area contributed by atoms with Crippen molar-refractivity contribution >= 4 is 51.1 Å². The standard InChI is InChI=1S/C31H30Cl2FN5O4/c1-16-24-28(37-43-16)26-20(33)8-6-10-22(26)38(29(24)40)14-17-11-12-18(13-17)35-30(41)42-23-15-39(31(2,3)4)36-27(23)25-19(32)7-5-9-21(25)34/h5-10,15,17-18H,11-14H2,1-4H3,(H,35,41). The number of nitrogens with zero attached hydrogens (tertiary/aromatic N) is 4. The topological polar surface area (TPSA) is 104 Å². The third-order valence-electron chi connectivity index (χ3n) is 7.92. The van der Waals surface area contributed by atoms with Gasteiger partial charge in [-0.2, -0.15) is 5.10 Å². The van der Waals surface area contributed by atoms with Crippen LogP contribution in [0.1, 0.15) is 45.8 Å². The van der Waals surface area contributed by atoms with Crippen LogP contribution in [-0.2, 0) is 12.1 Å². The van der Waals surface area contributed by atoms with E-state index in [0.717, 1.165) is 6.42 Å². The lowest BCUT2D eigenvalue weighted by atomic mass is 10.1. The van der Waals surface area contributed by atoms with E-state index < -0.39 is 17.4 Å². The number of fused-ring (bicyclic) bond motifs is 3. The largest absolute Gasteiger partial charge is 0.412 e. The molecular formula is C31H30Cl2FN5O4. The first-order valence-electron chi connectivity index (χ1n) is 14.0. The second kappa shape index (κ2) is 11.0. The van der Waals surface area contributed by atoms with Crippen molar-refractivity contribution in [2.75, 3.05) is 0 Å². The molecule has 1 aliphatic rings. The monoisotopic (exact) mass is 625 g/mol. The fourth-order valence-corrected chi connectivity index (χ4v) is 6.30. The van der Waals surface area contributed by atoms with E-state index in [1.165, 1.54) is 12.1 Å². The normalized spacial score (nSPS) is 17.2. The van der Waals surface area contributed by atoms with Gasteiger partial charge in [-0.3, -0.25) is 9.48 Å². The molecule has 2 unspecified atom stereocenters. The summed E-state index contributed by atoms with van der Waals surface area (Å²) in [7, 11) is 0. The van der Waals surface area contributed by atoms with E-state index in [0.29, 0.717) is 52.0 Å². The van der Waals surface area contributed by atoms with E-state index in [4.69, 9.17) is 32.5 Å². The number of halogens is 3. The van der Waals surface area contributed by atoms with Crippen LogP contribution in [-0.4, -0.2) is 31.6 Å². The highest BCUT2D eigenvalue weighted by Crippen LogP contribution is 2.38. The van der Waals surface area contributed by atoms with Gasteiger partial charge in [-0.05, 0) is 77.1 Å². The van der Waals surface area contributed by atoms with E-state index in [9.17, 15) is 14.0 Å². The van der Waals surface area contributed by atoms with Gasteiger partial charge in [0.2, 0.25) is 0 Å². The molecule has 6 rings (SSSR count). The molecule has 5 aromatic rings. The predicted octanol–water partition coefficient (Wildman–Crippen LogP) is 7.47. The Balaban J connectivity index is 1.21. The van der Waals surface area contributed by atoms with Gasteiger partial charge in [-0.25, -0.2) is 9.18 Å². The summed E-state index contributed by atoms with van der Waals surface area (Å²) in [5, 5.41) is 13.3. The Labute approximate surface area is 256 Å². The van der Waals surface area contributed by atoms with Crippen LogP contribution < -0.4 is 15.6 Å². The molecule has 0 spiro atoms. The number of amides is 1. The average molecular weight is 627 g/mol. The molecular weight excluding hydrogens is 596 g/mol.